The van der Waals surface area contributed by atoms with Gasteiger partial charge in [-0.25, -0.2) is 13.4 Å². The highest BCUT2D eigenvalue weighted by molar-refractivity contribution is 7.94. The van der Waals surface area contributed by atoms with Crippen LogP contribution in [-0.4, -0.2) is 18.4 Å². The van der Waals surface area contributed by atoms with Gasteiger partial charge in [-0.15, -0.1) is 11.3 Å². The average Bonchev–Trinajstić information content (AvgIpc) is 3.00. The van der Waals surface area contributed by atoms with Gasteiger partial charge in [0.1, 0.15) is 9.73 Å². The van der Waals surface area contributed by atoms with Gasteiger partial charge in [-0.1, -0.05) is 12.1 Å². The molecule has 7 heteroatoms. The Morgan fingerprint density at radius 2 is 2.11 bits per heavy atom. The Labute approximate surface area is 108 Å². The van der Waals surface area contributed by atoms with E-state index in [2.05, 4.69) is 14.7 Å². The van der Waals surface area contributed by atoms with Gasteiger partial charge in [-0.3, -0.25) is 4.72 Å². The lowest BCUT2D eigenvalue weighted by Crippen LogP contribution is -2.11. The zero-order chi connectivity index (χ0) is 12.6. The Morgan fingerprint density at radius 1 is 1.22 bits per heavy atom. The Bertz CT molecular complexity index is 776. The van der Waals surface area contributed by atoms with Crippen LogP contribution in [0.15, 0.2) is 46.2 Å². The van der Waals surface area contributed by atoms with Crippen LogP contribution in [0.25, 0.3) is 11.0 Å². The number of aromatic amines is 1. The van der Waals surface area contributed by atoms with Crippen molar-refractivity contribution in [3.05, 3.63) is 42.0 Å². The van der Waals surface area contributed by atoms with Crippen molar-refractivity contribution < 1.29 is 8.42 Å². The predicted molar refractivity (Wildman–Crippen MR) is 71.2 cm³/mol. The van der Waals surface area contributed by atoms with Gasteiger partial charge in [0.25, 0.3) is 10.0 Å². The monoisotopic (exact) mass is 279 g/mol. The first kappa shape index (κ1) is 11.2. The van der Waals surface area contributed by atoms with Gasteiger partial charge < -0.3 is 4.98 Å². The number of benzene rings is 1. The minimum atomic E-state index is -3.52. The third kappa shape index (κ3) is 1.87. The summed E-state index contributed by atoms with van der Waals surface area (Å²) in [6.07, 6.45) is 1.54. The minimum absolute atomic E-state index is 0.287. The lowest BCUT2D eigenvalue weighted by atomic mass is 10.3. The average molecular weight is 279 g/mol. The molecular weight excluding hydrogens is 270 g/mol. The molecule has 0 aliphatic rings. The summed E-state index contributed by atoms with van der Waals surface area (Å²) in [6, 6.07) is 8.57. The molecule has 0 aliphatic heterocycles. The molecule has 0 bridgehead atoms. The quantitative estimate of drug-likeness (QED) is 0.773. The van der Waals surface area contributed by atoms with Gasteiger partial charge in [0.2, 0.25) is 0 Å². The fourth-order valence-electron chi connectivity index (χ4n) is 1.66. The number of sulfonamides is 1. The van der Waals surface area contributed by atoms with E-state index in [1.807, 2.05) is 6.07 Å². The molecule has 3 rings (SSSR count). The number of nitrogens with one attached hydrogen (secondary N) is 2. The molecule has 0 saturated carbocycles. The summed E-state index contributed by atoms with van der Waals surface area (Å²) >= 11 is 1.18. The Morgan fingerprint density at radius 3 is 2.89 bits per heavy atom. The van der Waals surface area contributed by atoms with E-state index >= 15 is 0 Å². The topological polar surface area (TPSA) is 74.8 Å². The molecule has 1 aromatic carbocycles. The molecule has 0 saturated heterocycles. The molecule has 0 unspecified atom stereocenters. The van der Waals surface area contributed by atoms with Crippen molar-refractivity contribution in [3.63, 3.8) is 0 Å². The van der Waals surface area contributed by atoms with E-state index in [1.165, 1.54) is 17.7 Å². The summed E-state index contributed by atoms with van der Waals surface area (Å²) < 4.78 is 27.0. The van der Waals surface area contributed by atoms with E-state index in [4.69, 9.17) is 0 Å². The predicted octanol–water partition coefficient (Wildman–Crippen LogP) is 2.43. The SMILES string of the molecule is O=S(=O)(Nc1cccc2[nH]cnc12)c1cccs1. The number of thiophene rings is 1. The number of nitrogens with zero attached hydrogens (tertiary/aromatic N) is 1. The van der Waals surface area contributed by atoms with Crippen LogP contribution in [0.1, 0.15) is 0 Å². The number of anilines is 1. The van der Waals surface area contributed by atoms with Gasteiger partial charge in [-0.2, -0.15) is 0 Å². The van der Waals surface area contributed by atoms with E-state index in [-0.39, 0.29) is 4.21 Å². The van der Waals surface area contributed by atoms with Gasteiger partial charge >= 0.3 is 0 Å². The Hall–Kier alpha value is -1.86. The first-order valence-electron chi connectivity index (χ1n) is 5.15. The Balaban J connectivity index is 2.05. The lowest BCUT2D eigenvalue weighted by molar-refractivity contribution is 0.603. The van der Waals surface area contributed by atoms with Gasteiger partial charge in [0, 0.05) is 0 Å². The molecule has 0 spiro atoms. The highest BCUT2D eigenvalue weighted by Crippen LogP contribution is 2.24. The summed E-state index contributed by atoms with van der Waals surface area (Å²) in [5.74, 6) is 0. The van der Waals surface area contributed by atoms with Crippen LogP contribution in [0, 0.1) is 0 Å². The first-order valence-corrected chi connectivity index (χ1v) is 7.51. The zero-order valence-electron chi connectivity index (χ0n) is 9.12. The standard InChI is InChI=1S/C11H9N3O2S2/c15-18(16,10-5-2-6-17-10)14-9-4-1-3-8-11(9)13-7-12-8/h1-7,14H,(H,12,13). The molecule has 2 N–H and O–H groups in total. The Kier molecular flexibility index (Phi) is 2.57. The molecule has 18 heavy (non-hydrogen) atoms. The van der Waals surface area contributed by atoms with Gasteiger partial charge in [-0.05, 0) is 23.6 Å². The third-order valence-electron chi connectivity index (χ3n) is 2.45. The molecule has 2 aromatic heterocycles. The number of para-hydroxylation sites is 1. The minimum Gasteiger partial charge on any atom is -0.345 e. The molecule has 0 aliphatic carbocycles. The fourth-order valence-corrected chi connectivity index (χ4v) is 3.72. The van der Waals surface area contributed by atoms with Gasteiger partial charge in [0.15, 0.2) is 0 Å². The first-order chi connectivity index (χ1) is 8.67. The van der Waals surface area contributed by atoms with Crippen LogP contribution in [0.5, 0.6) is 0 Å². The number of fused-ring (bicyclic) bond motifs is 1. The molecule has 2 heterocycles. The number of hydrogen-bond donors (Lipinski definition) is 2. The van der Waals surface area contributed by atoms with Crippen molar-refractivity contribution in [1.82, 2.24) is 9.97 Å². The highest BCUT2D eigenvalue weighted by atomic mass is 32.2. The maximum absolute atomic E-state index is 12.1. The number of imidazole rings is 1. The van der Waals surface area contributed by atoms with Crippen LogP contribution in [-0.2, 0) is 10.0 Å². The third-order valence-corrected chi connectivity index (χ3v) is 5.22. The number of hydrogen-bond acceptors (Lipinski definition) is 4. The van der Waals surface area contributed by atoms with E-state index < -0.39 is 10.0 Å². The largest absolute Gasteiger partial charge is 0.345 e. The van der Waals surface area contributed by atoms with E-state index in [0.717, 1.165) is 5.52 Å². The molecule has 3 aromatic rings. The maximum Gasteiger partial charge on any atom is 0.271 e. The van der Waals surface area contributed by atoms with E-state index in [0.29, 0.717) is 11.2 Å². The summed E-state index contributed by atoms with van der Waals surface area (Å²) in [4.78, 5) is 7.04. The summed E-state index contributed by atoms with van der Waals surface area (Å²) in [7, 11) is -3.52. The van der Waals surface area contributed by atoms with Crippen molar-refractivity contribution in [2.45, 2.75) is 4.21 Å². The van der Waals surface area contributed by atoms with Gasteiger partial charge in [0.05, 0.1) is 17.5 Å². The van der Waals surface area contributed by atoms with Crippen LogP contribution in [0.2, 0.25) is 0 Å². The molecule has 0 fully saturated rings. The van der Waals surface area contributed by atoms with Crippen LogP contribution in [0.4, 0.5) is 5.69 Å². The van der Waals surface area contributed by atoms with Crippen LogP contribution < -0.4 is 4.72 Å². The second kappa shape index (κ2) is 4.11. The maximum atomic E-state index is 12.1. The molecular formula is C11H9N3O2S2. The number of rotatable bonds is 3. The van der Waals surface area contributed by atoms with Crippen molar-refractivity contribution >= 4 is 38.1 Å². The number of H-pyrrole nitrogens is 1. The van der Waals surface area contributed by atoms with Crippen LogP contribution >= 0.6 is 11.3 Å². The fraction of sp³-hybridized carbons (Fsp3) is 0. The number of aromatic nitrogens is 2. The molecule has 0 radical (unpaired) electrons. The normalized spacial score (nSPS) is 11.8. The lowest BCUT2D eigenvalue weighted by Gasteiger charge is -2.06. The van der Waals surface area contributed by atoms with Crippen molar-refractivity contribution in [2.24, 2.45) is 0 Å². The van der Waals surface area contributed by atoms with Crippen molar-refractivity contribution in [1.29, 1.82) is 0 Å². The summed E-state index contributed by atoms with van der Waals surface area (Å²) in [5.41, 5.74) is 1.88. The van der Waals surface area contributed by atoms with Crippen LogP contribution in [0.3, 0.4) is 0 Å². The summed E-state index contributed by atoms with van der Waals surface area (Å²) in [5, 5.41) is 1.73. The second-order valence-corrected chi connectivity index (χ2v) is 6.50. The molecule has 92 valence electrons. The molecule has 0 amide bonds. The van der Waals surface area contributed by atoms with E-state index in [9.17, 15) is 8.42 Å². The van der Waals surface area contributed by atoms with E-state index in [1.54, 1.807) is 29.6 Å². The highest BCUT2D eigenvalue weighted by Gasteiger charge is 2.16. The second-order valence-electron chi connectivity index (χ2n) is 3.64. The molecule has 0 atom stereocenters. The summed E-state index contributed by atoms with van der Waals surface area (Å²) in [6.45, 7) is 0. The smallest absolute Gasteiger partial charge is 0.271 e. The van der Waals surface area contributed by atoms with Crippen molar-refractivity contribution in [2.75, 3.05) is 4.72 Å². The molecule has 5 nitrogen and oxygen atoms in total. The van der Waals surface area contributed by atoms with Crippen molar-refractivity contribution in [3.8, 4) is 0 Å². The zero-order valence-corrected chi connectivity index (χ0v) is 10.8.